The van der Waals surface area contributed by atoms with Crippen molar-refractivity contribution in [3.8, 4) is 5.75 Å². The molecule has 0 spiro atoms. The molecule has 0 atom stereocenters. The number of hydrogen-bond acceptors (Lipinski definition) is 2. The molecule has 1 aromatic carbocycles. The van der Waals surface area contributed by atoms with E-state index < -0.39 is 0 Å². The van der Waals surface area contributed by atoms with E-state index in [2.05, 4.69) is 9.97 Å². The molecule has 16 heavy (non-hydrogen) atoms. The number of fused-ring (bicyclic) bond motifs is 3. The molecule has 3 aromatic rings. The van der Waals surface area contributed by atoms with Gasteiger partial charge >= 0.3 is 0 Å². The van der Waals surface area contributed by atoms with Crippen LogP contribution < -0.4 is 4.74 Å². The molecule has 3 rings (SSSR count). The molecule has 0 saturated carbocycles. The zero-order valence-corrected chi connectivity index (χ0v) is 8.70. The van der Waals surface area contributed by atoms with Crippen LogP contribution in [0, 0.1) is 0 Å². The molecule has 0 aliphatic heterocycles. The molecule has 2 N–H and O–H groups in total. The Morgan fingerprint density at radius 1 is 1.19 bits per heavy atom. The van der Waals surface area contributed by atoms with Crippen LogP contribution in [0.15, 0.2) is 24.3 Å². The van der Waals surface area contributed by atoms with Crippen molar-refractivity contribution >= 4 is 28.2 Å². The van der Waals surface area contributed by atoms with Crippen LogP contribution in [-0.2, 0) is 0 Å². The highest BCUT2D eigenvalue weighted by atomic mass is 16.5. The number of aromatic amines is 2. The number of carbonyl (C=O) groups is 1. The van der Waals surface area contributed by atoms with Crippen LogP contribution in [0.5, 0.6) is 5.75 Å². The standard InChI is InChI=1S/C12H10N2O2/c1-16-8-2-3-9-10-4-7(6-15)13-12(10)14-11(9)5-8/h2-6,13-14H,1H3. The summed E-state index contributed by atoms with van der Waals surface area (Å²) in [5.74, 6) is 0.812. The molecule has 4 heteroatoms. The van der Waals surface area contributed by atoms with E-state index in [4.69, 9.17) is 4.74 Å². The molecular weight excluding hydrogens is 204 g/mol. The molecule has 0 radical (unpaired) electrons. The summed E-state index contributed by atoms with van der Waals surface area (Å²) >= 11 is 0. The summed E-state index contributed by atoms with van der Waals surface area (Å²) in [7, 11) is 1.64. The van der Waals surface area contributed by atoms with Crippen molar-refractivity contribution in [2.45, 2.75) is 0 Å². The number of rotatable bonds is 2. The minimum Gasteiger partial charge on any atom is -0.497 e. The van der Waals surface area contributed by atoms with Gasteiger partial charge in [0.2, 0.25) is 0 Å². The Labute approximate surface area is 91.2 Å². The summed E-state index contributed by atoms with van der Waals surface area (Å²) in [6, 6.07) is 7.66. The summed E-state index contributed by atoms with van der Waals surface area (Å²) in [6.07, 6.45) is 0.809. The molecule has 4 nitrogen and oxygen atoms in total. The lowest BCUT2D eigenvalue weighted by Gasteiger charge is -1.98. The second-order valence-electron chi connectivity index (χ2n) is 3.67. The molecule has 0 saturated heterocycles. The Kier molecular flexibility index (Phi) is 1.77. The summed E-state index contributed by atoms with van der Waals surface area (Å²) in [6.45, 7) is 0. The lowest BCUT2D eigenvalue weighted by Crippen LogP contribution is -1.81. The van der Waals surface area contributed by atoms with Crippen molar-refractivity contribution in [3.05, 3.63) is 30.0 Å². The van der Waals surface area contributed by atoms with Gasteiger partial charge < -0.3 is 14.7 Å². The third kappa shape index (κ3) is 1.13. The first-order chi connectivity index (χ1) is 7.81. The molecule has 0 aliphatic carbocycles. The van der Waals surface area contributed by atoms with Crippen molar-refractivity contribution in [1.82, 2.24) is 9.97 Å². The lowest BCUT2D eigenvalue weighted by molar-refractivity contribution is 0.112. The molecule has 0 aliphatic rings. The van der Waals surface area contributed by atoms with Gasteiger partial charge in [0, 0.05) is 16.8 Å². The average molecular weight is 214 g/mol. The van der Waals surface area contributed by atoms with E-state index in [0.29, 0.717) is 5.69 Å². The molecule has 2 heterocycles. The number of ether oxygens (including phenoxy) is 1. The van der Waals surface area contributed by atoms with Gasteiger partial charge in [0.25, 0.3) is 0 Å². The van der Waals surface area contributed by atoms with E-state index >= 15 is 0 Å². The summed E-state index contributed by atoms with van der Waals surface area (Å²) in [4.78, 5) is 16.9. The SMILES string of the molecule is COc1ccc2c(c1)[nH]c1[nH]c(C=O)cc12. The normalized spacial score (nSPS) is 11.1. The zero-order chi connectivity index (χ0) is 11.1. The number of nitrogens with one attached hydrogen (secondary N) is 2. The van der Waals surface area contributed by atoms with Crippen molar-refractivity contribution in [1.29, 1.82) is 0 Å². The van der Waals surface area contributed by atoms with Gasteiger partial charge in [-0.1, -0.05) is 0 Å². The topological polar surface area (TPSA) is 57.9 Å². The maximum atomic E-state index is 10.6. The number of H-pyrrole nitrogens is 2. The van der Waals surface area contributed by atoms with Gasteiger partial charge in [0.05, 0.1) is 18.3 Å². The first kappa shape index (κ1) is 9.03. The fraction of sp³-hybridized carbons (Fsp3) is 0.0833. The van der Waals surface area contributed by atoms with Crippen molar-refractivity contribution in [3.63, 3.8) is 0 Å². The summed E-state index contributed by atoms with van der Waals surface area (Å²) in [5, 5.41) is 2.11. The smallest absolute Gasteiger partial charge is 0.166 e. The first-order valence-corrected chi connectivity index (χ1v) is 4.95. The number of aromatic nitrogens is 2. The molecule has 0 fully saturated rings. The van der Waals surface area contributed by atoms with Crippen LogP contribution in [0.2, 0.25) is 0 Å². The van der Waals surface area contributed by atoms with E-state index in [-0.39, 0.29) is 0 Å². The molecular formula is C12H10N2O2. The van der Waals surface area contributed by atoms with Crippen LogP contribution in [0.1, 0.15) is 10.5 Å². The van der Waals surface area contributed by atoms with Crippen LogP contribution >= 0.6 is 0 Å². The predicted molar refractivity (Wildman–Crippen MR) is 62.1 cm³/mol. The Bertz CT molecular complexity index is 679. The van der Waals surface area contributed by atoms with Gasteiger partial charge in [-0.2, -0.15) is 0 Å². The first-order valence-electron chi connectivity index (χ1n) is 4.95. The van der Waals surface area contributed by atoms with Crippen LogP contribution in [0.4, 0.5) is 0 Å². The number of aldehydes is 1. The molecule has 2 aromatic heterocycles. The van der Waals surface area contributed by atoms with Crippen LogP contribution in [-0.4, -0.2) is 23.4 Å². The number of methoxy groups -OCH3 is 1. The largest absolute Gasteiger partial charge is 0.497 e. The zero-order valence-electron chi connectivity index (χ0n) is 8.70. The van der Waals surface area contributed by atoms with Crippen molar-refractivity contribution in [2.75, 3.05) is 7.11 Å². The fourth-order valence-corrected chi connectivity index (χ4v) is 1.97. The van der Waals surface area contributed by atoms with Gasteiger partial charge in [0.15, 0.2) is 6.29 Å². The molecule has 0 amide bonds. The van der Waals surface area contributed by atoms with Crippen molar-refractivity contribution < 1.29 is 9.53 Å². The van der Waals surface area contributed by atoms with E-state index in [1.807, 2.05) is 24.3 Å². The van der Waals surface area contributed by atoms with Crippen LogP contribution in [0.3, 0.4) is 0 Å². The molecule has 80 valence electrons. The number of hydrogen-bond donors (Lipinski definition) is 2. The minimum atomic E-state index is 0.582. The van der Waals surface area contributed by atoms with Crippen LogP contribution in [0.25, 0.3) is 21.9 Å². The van der Waals surface area contributed by atoms with Crippen molar-refractivity contribution in [2.24, 2.45) is 0 Å². The van der Waals surface area contributed by atoms with Gasteiger partial charge in [0.1, 0.15) is 11.4 Å². The van der Waals surface area contributed by atoms with Gasteiger partial charge in [-0.25, -0.2) is 0 Å². The maximum absolute atomic E-state index is 10.6. The highest BCUT2D eigenvalue weighted by molar-refractivity contribution is 6.08. The van der Waals surface area contributed by atoms with E-state index in [0.717, 1.165) is 34.0 Å². The Balaban J connectivity index is 2.35. The summed E-state index contributed by atoms with van der Waals surface area (Å²) in [5.41, 5.74) is 2.45. The Hall–Kier alpha value is -2.23. The average Bonchev–Trinajstić information content (AvgIpc) is 2.84. The highest BCUT2D eigenvalue weighted by Crippen LogP contribution is 2.28. The lowest BCUT2D eigenvalue weighted by atomic mass is 10.2. The predicted octanol–water partition coefficient (Wildman–Crippen LogP) is 2.47. The number of carbonyl (C=O) groups excluding carboxylic acids is 1. The molecule has 0 bridgehead atoms. The third-order valence-electron chi connectivity index (χ3n) is 2.74. The fourth-order valence-electron chi connectivity index (χ4n) is 1.97. The van der Waals surface area contributed by atoms with Gasteiger partial charge in [-0.15, -0.1) is 0 Å². The number of benzene rings is 1. The minimum absolute atomic E-state index is 0.582. The van der Waals surface area contributed by atoms with E-state index in [1.54, 1.807) is 7.11 Å². The highest BCUT2D eigenvalue weighted by Gasteiger charge is 2.08. The van der Waals surface area contributed by atoms with E-state index in [1.165, 1.54) is 0 Å². The second kappa shape index (κ2) is 3.13. The maximum Gasteiger partial charge on any atom is 0.166 e. The van der Waals surface area contributed by atoms with Gasteiger partial charge in [-0.3, -0.25) is 4.79 Å². The third-order valence-corrected chi connectivity index (χ3v) is 2.74. The second-order valence-corrected chi connectivity index (χ2v) is 3.67. The molecule has 0 unspecified atom stereocenters. The quantitative estimate of drug-likeness (QED) is 0.644. The Morgan fingerprint density at radius 3 is 2.81 bits per heavy atom. The summed E-state index contributed by atoms with van der Waals surface area (Å²) < 4.78 is 5.15. The monoisotopic (exact) mass is 214 g/mol. The van der Waals surface area contributed by atoms with Gasteiger partial charge in [-0.05, 0) is 18.2 Å². The Morgan fingerprint density at radius 2 is 2.06 bits per heavy atom. The van der Waals surface area contributed by atoms with E-state index in [9.17, 15) is 4.79 Å².